The molecule has 2 rings (SSSR count). The highest BCUT2D eigenvalue weighted by molar-refractivity contribution is 5.83. The first-order valence-electron chi connectivity index (χ1n) is 5.94. The molecule has 0 radical (unpaired) electrons. The average molecular weight is 208 g/mol. The van der Waals surface area contributed by atoms with E-state index < -0.39 is 0 Å². The van der Waals surface area contributed by atoms with Crippen LogP contribution in [0.25, 0.3) is 0 Å². The van der Waals surface area contributed by atoms with Gasteiger partial charge in [-0.25, -0.2) is 4.79 Å². The average Bonchev–Trinajstić information content (AvgIpc) is 2.69. The van der Waals surface area contributed by atoms with Crippen LogP contribution in [0.15, 0.2) is 11.6 Å². The molecular weight excluding hydrogens is 188 g/mol. The van der Waals surface area contributed by atoms with Crippen molar-refractivity contribution in [1.29, 1.82) is 0 Å². The molecule has 0 saturated heterocycles. The molecule has 2 bridgehead atoms. The smallest absolute Gasteiger partial charge is 0.330 e. The third-order valence-corrected chi connectivity index (χ3v) is 4.20. The van der Waals surface area contributed by atoms with Crippen molar-refractivity contribution in [2.75, 3.05) is 6.61 Å². The highest BCUT2D eigenvalue weighted by atomic mass is 16.5. The van der Waals surface area contributed by atoms with Gasteiger partial charge in [-0.2, -0.15) is 0 Å². The number of ether oxygens (including phenoxy) is 1. The minimum atomic E-state index is -0.159. The standard InChI is InChI=1S/C13H20O2/c1-4-15-12(14)8-11-9-5-6-10(7-9)13(11,2)3/h8-10H,4-7H2,1-3H3/b11-8+. The molecular formula is C13H20O2. The second-order valence-electron chi connectivity index (χ2n) is 5.28. The molecule has 2 saturated carbocycles. The molecule has 2 heteroatoms. The maximum atomic E-state index is 11.5. The number of fused-ring (bicyclic) bond motifs is 2. The van der Waals surface area contributed by atoms with Crippen molar-refractivity contribution in [1.82, 2.24) is 0 Å². The van der Waals surface area contributed by atoms with Crippen LogP contribution in [-0.2, 0) is 9.53 Å². The molecule has 2 atom stereocenters. The van der Waals surface area contributed by atoms with Crippen molar-refractivity contribution in [3.8, 4) is 0 Å². The maximum Gasteiger partial charge on any atom is 0.330 e. The van der Waals surface area contributed by atoms with Gasteiger partial charge in [0, 0.05) is 6.08 Å². The van der Waals surface area contributed by atoms with Gasteiger partial charge in [-0.3, -0.25) is 0 Å². The van der Waals surface area contributed by atoms with Gasteiger partial charge in [-0.1, -0.05) is 19.4 Å². The van der Waals surface area contributed by atoms with Gasteiger partial charge in [0.05, 0.1) is 6.61 Å². The maximum absolute atomic E-state index is 11.5. The molecule has 2 unspecified atom stereocenters. The second kappa shape index (κ2) is 3.66. The normalized spacial score (nSPS) is 34.7. The zero-order chi connectivity index (χ0) is 11.1. The summed E-state index contributed by atoms with van der Waals surface area (Å²) in [5.74, 6) is 1.27. The summed E-state index contributed by atoms with van der Waals surface area (Å²) < 4.78 is 4.99. The topological polar surface area (TPSA) is 26.3 Å². The first-order valence-corrected chi connectivity index (χ1v) is 5.94. The van der Waals surface area contributed by atoms with Crippen molar-refractivity contribution < 1.29 is 9.53 Å². The minimum absolute atomic E-state index is 0.159. The predicted molar refractivity (Wildman–Crippen MR) is 59.3 cm³/mol. The Balaban J connectivity index is 2.18. The summed E-state index contributed by atoms with van der Waals surface area (Å²) in [6, 6.07) is 0. The molecule has 2 nitrogen and oxygen atoms in total. The molecule has 2 aliphatic rings. The summed E-state index contributed by atoms with van der Waals surface area (Å²) in [5.41, 5.74) is 1.55. The van der Waals surface area contributed by atoms with Crippen LogP contribution in [0, 0.1) is 17.3 Å². The fraction of sp³-hybridized carbons (Fsp3) is 0.769. The number of carbonyl (C=O) groups is 1. The van der Waals surface area contributed by atoms with E-state index in [2.05, 4.69) is 13.8 Å². The molecule has 0 aromatic carbocycles. The summed E-state index contributed by atoms with van der Waals surface area (Å²) in [6.07, 6.45) is 5.63. The molecule has 0 heterocycles. The molecule has 84 valence electrons. The van der Waals surface area contributed by atoms with E-state index in [0.717, 1.165) is 5.92 Å². The Labute approximate surface area is 91.7 Å². The molecule has 0 amide bonds. The van der Waals surface area contributed by atoms with Crippen LogP contribution in [0.1, 0.15) is 40.0 Å². The fourth-order valence-electron chi connectivity index (χ4n) is 3.30. The van der Waals surface area contributed by atoms with E-state index in [1.807, 2.05) is 6.92 Å². The first kappa shape index (κ1) is 10.7. The number of esters is 1. The predicted octanol–water partition coefficient (Wildman–Crippen LogP) is 2.93. The van der Waals surface area contributed by atoms with Crippen LogP contribution in [-0.4, -0.2) is 12.6 Å². The lowest BCUT2D eigenvalue weighted by molar-refractivity contribution is -0.137. The Morgan fingerprint density at radius 1 is 1.53 bits per heavy atom. The van der Waals surface area contributed by atoms with Crippen LogP contribution in [0.3, 0.4) is 0 Å². The van der Waals surface area contributed by atoms with Crippen LogP contribution in [0.4, 0.5) is 0 Å². The number of hydrogen-bond acceptors (Lipinski definition) is 2. The van der Waals surface area contributed by atoms with E-state index in [9.17, 15) is 4.79 Å². The lowest BCUT2D eigenvalue weighted by Gasteiger charge is -2.32. The molecule has 2 fully saturated rings. The third kappa shape index (κ3) is 1.70. The summed E-state index contributed by atoms with van der Waals surface area (Å²) >= 11 is 0. The van der Waals surface area contributed by atoms with Gasteiger partial charge in [0.1, 0.15) is 0 Å². The number of carbonyl (C=O) groups excluding carboxylic acids is 1. The van der Waals surface area contributed by atoms with Crippen molar-refractivity contribution >= 4 is 5.97 Å². The van der Waals surface area contributed by atoms with Crippen molar-refractivity contribution in [3.63, 3.8) is 0 Å². The number of rotatable bonds is 2. The summed E-state index contributed by atoms with van der Waals surface area (Å²) in [4.78, 5) is 11.5. The van der Waals surface area contributed by atoms with E-state index in [0.29, 0.717) is 12.5 Å². The van der Waals surface area contributed by atoms with Crippen LogP contribution >= 0.6 is 0 Å². The van der Waals surface area contributed by atoms with Gasteiger partial charge in [-0.15, -0.1) is 0 Å². The monoisotopic (exact) mass is 208 g/mol. The van der Waals surface area contributed by atoms with Gasteiger partial charge < -0.3 is 4.74 Å². The van der Waals surface area contributed by atoms with Crippen LogP contribution in [0.2, 0.25) is 0 Å². The first-order chi connectivity index (χ1) is 7.05. The second-order valence-corrected chi connectivity index (χ2v) is 5.28. The highest BCUT2D eigenvalue weighted by Crippen LogP contribution is 2.58. The molecule has 0 spiro atoms. The Morgan fingerprint density at radius 2 is 2.27 bits per heavy atom. The van der Waals surface area contributed by atoms with Crippen LogP contribution < -0.4 is 0 Å². The number of allylic oxidation sites excluding steroid dienone is 1. The lowest BCUT2D eigenvalue weighted by Crippen LogP contribution is -2.23. The van der Waals surface area contributed by atoms with Gasteiger partial charge in [0.15, 0.2) is 0 Å². The Bertz CT molecular complexity index is 302. The van der Waals surface area contributed by atoms with Crippen molar-refractivity contribution in [2.24, 2.45) is 17.3 Å². The van der Waals surface area contributed by atoms with E-state index in [1.165, 1.54) is 24.8 Å². The largest absolute Gasteiger partial charge is 0.463 e. The van der Waals surface area contributed by atoms with Crippen molar-refractivity contribution in [2.45, 2.75) is 40.0 Å². The summed E-state index contributed by atoms with van der Waals surface area (Å²) in [5, 5.41) is 0. The minimum Gasteiger partial charge on any atom is -0.463 e. The highest BCUT2D eigenvalue weighted by Gasteiger charge is 2.48. The zero-order valence-electron chi connectivity index (χ0n) is 9.88. The molecule has 2 aliphatic carbocycles. The van der Waals surface area contributed by atoms with E-state index >= 15 is 0 Å². The Morgan fingerprint density at radius 3 is 2.80 bits per heavy atom. The zero-order valence-corrected chi connectivity index (χ0v) is 9.88. The molecule has 0 aromatic rings. The van der Waals surface area contributed by atoms with Gasteiger partial charge in [-0.05, 0) is 43.4 Å². The molecule has 0 aliphatic heterocycles. The molecule has 15 heavy (non-hydrogen) atoms. The third-order valence-electron chi connectivity index (χ3n) is 4.20. The fourth-order valence-corrected chi connectivity index (χ4v) is 3.30. The molecule has 0 aromatic heterocycles. The van der Waals surface area contributed by atoms with Gasteiger partial charge in [0.2, 0.25) is 0 Å². The quantitative estimate of drug-likeness (QED) is 0.515. The molecule has 0 N–H and O–H groups in total. The summed E-state index contributed by atoms with van der Waals surface area (Å²) in [6.45, 7) is 6.85. The van der Waals surface area contributed by atoms with E-state index in [1.54, 1.807) is 6.08 Å². The lowest BCUT2D eigenvalue weighted by atomic mass is 9.72. The van der Waals surface area contributed by atoms with Gasteiger partial charge in [0.25, 0.3) is 0 Å². The van der Waals surface area contributed by atoms with E-state index in [-0.39, 0.29) is 11.4 Å². The SMILES string of the molecule is CCOC(=O)/C=C1\C2CCC(C2)C1(C)C. The van der Waals surface area contributed by atoms with Crippen molar-refractivity contribution in [3.05, 3.63) is 11.6 Å². The Hall–Kier alpha value is -0.790. The summed E-state index contributed by atoms with van der Waals surface area (Å²) in [7, 11) is 0. The number of hydrogen-bond donors (Lipinski definition) is 0. The van der Waals surface area contributed by atoms with Gasteiger partial charge >= 0.3 is 5.97 Å². The van der Waals surface area contributed by atoms with Crippen LogP contribution in [0.5, 0.6) is 0 Å². The Kier molecular flexibility index (Phi) is 2.61. The van der Waals surface area contributed by atoms with E-state index in [4.69, 9.17) is 4.74 Å².